The standard InChI is InChI=1S/C10H19N2O.F5P.FH/c1-10(11-4-2-3-5-11)12-6-8-13-9-7-12;1-6(2,3,4)5;/h2-9H2,1H3;;1H/q+1;;/p-1. The van der Waals surface area contributed by atoms with Crippen LogP contribution in [0.1, 0.15) is 19.8 Å². The molecule has 0 amide bonds. The van der Waals surface area contributed by atoms with Crippen LogP contribution in [0.15, 0.2) is 0 Å². The monoisotopic (exact) mass is 328 g/mol. The summed E-state index contributed by atoms with van der Waals surface area (Å²) >= 11 is 0. The van der Waals surface area contributed by atoms with E-state index in [-0.39, 0.29) is 4.70 Å². The van der Waals surface area contributed by atoms with Crippen LogP contribution in [0.4, 0.5) is 21.0 Å². The van der Waals surface area contributed by atoms with Gasteiger partial charge in [0.2, 0.25) is 5.84 Å². The molecule has 2 aliphatic heterocycles. The Morgan fingerprint density at radius 2 is 1.40 bits per heavy atom. The fraction of sp³-hybridized carbons (Fsp3) is 0.900. The molecule has 2 heterocycles. The number of amidine groups is 1. The zero-order valence-corrected chi connectivity index (χ0v) is 12.1. The quantitative estimate of drug-likeness (QED) is 0.279. The summed E-state index contributed by atoms with van der Waals surface area (Å²) < 4.78 is 57.0. The predicted molar refractivity (Wildman–Crippen MR) is 64.8 cm³/mol. The van der Waals surface area contributed by atoms with Crippen molar-refractivity contribution in [3.8, 4) is 0 Å². The molecular formula is C10H19F6N2OP. The first-order valence-corrected chi connectivity index (χ1v) is 7.82. The van der Waals surface area contributed by atoms with Crippen LogP contribution in [0.25, 0.3) is 0 Å². The maximum atomic E-state index is 9.84. The van der Waals surface area contributed by atoms with E-state index in [9.17, 15) is 21.0 Å². The molecule has 0 atom stereocenters. The molecule has 0 saturated carbocycles. The topological polar surface area (TPSA) is 15.5 Å². The number of halogens is 6. The van der Waals surface area contributed by atoms with E-state index in [0.717, 1.165) is 26.3 Å². The van der Waals surface area contributed by atoms with Crippen LogP contribution in [0.3, 0.4) is 0 Å². The van der Waals surface area contributed by atoms with Crippen LogP contribution in [-0.4, -0.2) is 54.7 Å². The molecule has 0 aromatic heterocycles. The molecule has 3 nitrogen and oxygen atoms in total. The van der Waals surface area contributed by atoms with Crippen LogP contribution in [0, 0.1) is 0 Å². The Balaban J connectivity index is 0.000000448. The Morgan fingerprint density at radius 1 is 1.00 bits per heavy atom. The van der Waals surface area contributed by atoms with Gasteiger partial charge in [-0.15, -0.1) is 0 Å². The second-order valence-electron chi connectivity index (χ2n) is 4.48. The third-order valence-electron chi connectivity index (χ3n) is 3.03. The maximum absolute atomic E-state index is 9.84. The molecular weight excluding hydrogens is 309 g/mol. The minimum atomic E-state index is -8.55. The van der Waals surface area contributed by atoms with Gasteiger partial charge in [-0.25, -0.2) is 0 Å². The van der Waals surface area contributed by atoms with Gasteiger partial charge in [-0.3, -0.25) is 9.48 Å². The molecule has 20 heavy (non-hydrogen) atoms. The molecule has 2 rings (SSSR count). The summed E-state index contributed by atoms with van der Waals surface area (Å²) in [6.07, 6.45) is 2.73. The number of hydrogen-bond donors (Lipinski definition) is 0. The summed E-state index contributed by atoms with van der Waals surface area (Å²) in [5, 5.41) is 0. The number of hydrogen-bond acceptors (Lipinski definition) is 1. The van der Waals surface area contributed by atoms with E-state index >= 15 is 0 Å². The zero-order valence-electron chi connectivity index (χ0n) is 11.2. The summed E-state index contributed by atoms with van der Waals surface area (Å²) in [6.45, 7) is 8.68. The molecule has 0 bridgehead atoms. The summed E-state index contributed by atoms with van der Waals surface area (Å²) in [4.78, 5) is 2.45. The number of rotatable bonds is 0. The molecule has 0 radical (unpaired) electrons. The normalized spacial score (nSPS) is 21.2. The van der Waals surface area contributed by atoms with E-state index in [0.29, 0.717) is 0 Å². The van der Waals surface area contributed by atoms with Crippen molar-refractivity contribution in [2.75, 3.05) is 39.4 Å². The van der Waals surface area contributed by atoms with Gasteiger partial charge >= 0.3 is 29.1 Å². The summed E-state index contributed by atoms with van der Waals surface area (Å²) in [5.74, 6) is 1.46. The number of nitrogens with zero attached hydrogens (tertiary/aromatic N) is 2. The van der Waals surface area contributed by atoms with E-state index in [2.05, 4.69) is 16.4 Å². The molecule has 0 aromatic carbocycles. The van der Waals surface area contributed by atoms with Crippen molar-refractivity contribution in [3.63, 3.8) is 0 Å². The molecule has 2 aliphatic rings. The van der Waals surface area contributed by atoms with Gasteiger partial charge in [0.1, 0.15) is 13.1 Å². The minimum absolute atomic E-state index is 0. The SMILES string of the molecule is CC(N1CCOCC1)=[N+]1CCCC1.FP(F)(F)(F)F.[F-]. The zero-order chi connectivity index (χ0) is 14.5. The maximum Gasteiger partial charge on any atom is -1.00 e. The minimum Gasteiger partial charge on any atom is -1.00 e. The molecule has 2 saturated heterocycles. The van der Waals surface area contributed by atoms with Crippen LogP contribution in [-0.2, 0) is 4.74 Å². The third-order valence-corrected chi connectivity index (χ3v) is 3.03. The average molecular weight is 328 g/mol. The van der Waals surface area contributed by atoms with Crippen LogP contribution >= 0.6 is 8.16 Å². The Morgan fingerprint density at radius 3 is 1.80 bits per heavy atom. The Bertz CT molecular complexity index is 313. The van der Waals surface area contributed by atoms with Gasteiger partial charge in [-0.2, -0.15) is 0 Å². The molecule has 0 aromatic rings. The molecule has 0 N–H and O–H groups in total. The summed E-state index contributed by atoms with van der Waals surface area (Å²) in [5.41, 5.74) is 0. The second kappa shape index (κ2) is 7.45. The van der Waals surface area contributed by atoms with Gasteiger partial charge < -0.3 is 9.44 Å². The van der Waals surface area contributed by atoms with Crippen molar-refractivity contribution in [1.82, 2.24) is 4.90 Å². The van der Waals surface area contributed by atoms with Crippen molar-refractivity contribution in [2.45, 2.75) is 19.8 Å². The molecule has 0 unspecified atom stereocenters. The fourth-order valence-corrected chi connectivity index (χ4v) is 2.13. The largest absolute Gasteiger partial charge is 1.00 e. The second-order valence-corrected chi connectivity index (χ2v) is 5.76. The fourth-order valence-electron chi connectivity index (χ4n) is 2.13. The third kappa shape index (κ3) is 9.36. The van der Waals surface area contributed by atoms with Crippen molar-refractivity contribution in [2.24, 2.45) is 0 Å². The molecule has 2 fully saturated rings. The van der Waals surface area contributed by atoms with E-state index < -0.39 is 8.16 Å². The van der Waals surface area contributed by atoms with Crippen molar-refractivity contribution < 1.29 is 35.0 Å². The van der Waals surface area contributed by atoms with Gasteiger partial charge in [0, 0.05) is 6.92 Å². The van der Waals surface area contributed by atoms with E-state index in [1.54, 1.807) is 0 Å². The van der Waals surface area contributed by atoms with Gasteiger partial charge in [0.15, 0.2) is 0 Å². The van der Waals surface area contributed by atoms with Crippen molar-refractivity contribution in [1.29, 1.82) is 0 Å². The average Bonchev–Trinajstić information content (AvgIpc) is 2.79. The number of morpholine rings is 1. The molecule has 122 valence electrons. The summed E-state index contributed by atoms with van der Waals surface area (Å²) in [7, 11) is -8.55. The van der Waals surface area contributed by atoms with E-state index in [1.165, 1.54) is 31.8 Å². The van der Waals surface area contributed by atoms with Crippen LogP contribution in [0.5, 0.6) is 0 Å². The Labute approximate surface area is 114 Å². The Hall–Kier alpha value is -0.560. The van der Waals surface area contributed by atoms with Crippen molar-refractivity contribution >= 4 is 14.0 Å². The van der Waals surface area contributed by atoms with Crippen LogP contribution in [0.2, 0.25) is 0 Å². The first kappa shape index (κ1) is 19.4. The molecule has 0 aliphatic carbocycles. The molecule has 0 spiro atoms. The van der Waals surface area contributed by atoms with Gasteiger partial charge in [-0.1, -0.05) is 0 Å². The Kier molecular flexibility index (Phi) is 7.24. The molecule has 10 heteroatoms. The first-order chi connectivity index (χ1) is 8.61. The first-order valence-electron chi connectivity index (χ1n) is 6.13. The van der Waals surface area contributed by atoms with Gasteiger partial charge in [0.05, 0.1) is 26.3 Å². The van der Waals surface area contributed by atoms with Crippen LogP contribution < -0.4 is 4.70 Å². The predicted octanol–water partition coefficient (Wildman–Crippen LogP) is 0.509. The van der Waals surface area contributed by atoms with Crippen molar-refractivity contribution in [3.05, 3.63) is 0 Å². The van der Waals surface area contributed by atoms with E-state index in [4.69, 9.17) is 4.74 Å². The van der Waals surface area contributed by atoms with Gasteiger partial charge in [0.25, 0.3) is 0 Å². The number of ether oxygens (including phenoxy) is 1. The summed E-state index contributed by atoms with van der Waals surface area (Å²) in [6, 6.07) is 0. The van der Waals surface area contributed by atoms with Gasteiger partial charge in [-0.05, 0) is 12.8 Å². The smallest absolute Gasteiger partial charge is 1.00 e. The van der Waals surface area contributed by atoms with E-state index in [1.807, 2.05) is 0 Å².